The maximum atomic E-state index is 13.3. The van der Waals surface area contributed by atoms with E-state index in [0.717, 1.165) is 12.0 Å². The van der Waals surface area contributed by atoms with Crippen LogP contribution in [0.3, 0.4) is 0 Å². The molecular formula is C17H21F3N2O2S. The van der Waals surface area contributed by atoms with Gasteiger partial charge in [0.25, 0.3) is 11.6 Å². The van der Waals surface area contributed by atoms with Gasteiger partial charge in [-0.15, -0.1) is 11.8 Å². The first-order valence-electron chi connectivity index (χ1n) is 8.08. The largest absolute Gasteiger partial charge is 0.438 e. The topological polar surface area (TPSA) is 52.9 Å². The number of hydrazone groups is 1. The van der Waals surface area contributed by atoms with E-state index in [-0.39, 0.29) is 16.5 Å². The number of carbonyl (C=O) groups excluding carboxylic acids is 1. The highest BCUT2D eigenvalue weighted by molar-refractivity contribution is 7.99. The summed E-state index contributed by atoms with van der Waals surface area (Å²) in [7, 11) is 0. The summed E-state index contributed by atoms with van der Waals surface area (Å²) in [6, 6.07) is 9.32. The van der Waals surface area contributed by atoms with Crippen molar-refractivity contribution < 1.29 is 23.1 Å². The molecule has 138 valence electrons. The van der Waals surface area contributed by atoms with E-state index in [4.69, 9.17) is 0 Å². The Bertz CT molecular complexity index is 622. The molecule has 0 unspecified atom stereocenters. The summed E-state index contributed by atoms with van der Waals surface area (Å²) in [5.41, 5.74) is -2.05. The molecule has 0 aliphatic carbocycles. The van der Waals surface area contributed by atoms with Gasteiger partial charge in [0.2, 0.25) is 0 Å². The Morgan fingerprint density at radius 2 is 2.04 bits per heavy atom. The first kappa shape index (κ1) is 19.8. The Morgan fingerprint density at radius 3 is 2.64 bits per heavy atom. The number of hydrogen-bond donors (Lipinski definition) is 1. The third kappa shape index (κ3) is 4.76. The summed E-state index contributed by atoms with van der Waals surface area (Å²) in [4.78, 5) is 12.3. The van der Waals surface area contributed by atoms with Gasteiger partial charge in [-0.2, -0.15) is 23.3 Å². The van der Waals surface area contributed by atoms with Crippen LogP contribution in [0.4, 0.5) is 13.2 Å². The molecule has 1 atom stereocenters. The molecule has 0 radical (unpaired) electrons. The molecule has 1 amide bonds. The van der Waals surface area contributed by atoms with E-state index in [9.17, 15) is 23.1 Å². The van der Waals surface area contributed by atoms with Crippen LogP contribution in [0.25, 0.3) is 0 Å². The number of alkyl halides is 3. The second-order valence-electron chi connectivity index (χ2n) is 5.94. The van der Waals surface area contributed by atoms with Crippen LogP contribution in [-0.4, -0.2) is 39.4 Å². The zero-order valence-electron chi connectivity index (χ0n) is 13.9. The number of halogens is 3. The molecule has 1 aliphatic heterocycles. The minimum absolute atomic E-state index is 0.183. The van der Waals surface area contributed by atoms with E-state index < -0.39 is 24.2 Å². The predicted octanol–water partition coefficient (Wildman–Crippen LogP) is 3.95. The second-order valence-corrected chi connectivity index (χ2v) is 6.93. The van der Waals surface area contributed by atoms with Gasteiger partial charge in [-0.1, -0.05) is 43.7 Å². The highest BCUT2D eigenvalue weighted by Crippen LogP contribution is 2.41. The van der Waals surface area contributed by atoms with Gasteiger partial charge in [-0.3, -0.25) is 4.79 Å². The van der Waals surface area contributed by atoms with Gasteiger partial charge in [-0.05, 0) is 18.4 Å². The van der Waals surface area contributed by atoms with Gasteiger partial charge >= 0.3 is 6.18 Å². The van der Waals surface area contributed by atoms with Crippen LogP contribution in [0.5, 0.6) is 0 Å². The summed E-state index contributed by atoms with van der Waals surface area (Å²) < 4.78 is 39.9. The Morgan fingerprint density at radius 1 is 1.36 bits per heavy atom. The van der Waals surface area contributed by atoms with E-state index in [2.05, 4.69) is 5.10 Å². The molecule has 1 heterocycles. The SMILES string of the molecule is CCCCC1=NN(C(=O)CSCc2ccccc2)[C@@](O)(C(F)(F)F)C1. The maximum absolute atomic E-state index is 13.3. The number of aliphatic hydroxyl groups is 1. The number of nitrogens with zero attached hydrogens (tertiary/aromatic N) is 2. The second kappa shape index (κ2) is 8.23. The predicted molar refractivity (Wildman–Crippen MR) is 92.0 cm³/mol. The van der Waals surface area contributed by atoms with Crippen LogP contribution in [-0.2, 0) is 10.5 Å². The van der Waals surface area contributed by atoms with Gasteiger partial charge in [-0.25, -0.2) is 0 Å². The number of thioether (sulfide) groups is 1. The highest BCUT2D eigenvalue weighted by Gasteiger charge is 2.62. The maximum Gasteiger partial charge on any atom is 0.438 e. The van der Waals surface area contributed by atoms with E-state index >= 15 is 0 Å². The lowest BCUT2D eigenvalue weighted by atomic mass is 10.0. The van der Waals surface area contributed by atoms with Crippen molar-refractivity contribution in [2.45, 2.75) is 50.3 Å². The van der Waals surface area contributed by atoms with Crippen molar-refractivity contribution in [1.82, 2.24) is 5.01 Å². The summed E-state index contributed by atoms with van der Waals surface area (Å²) in [6.45, 7) is 1.91. The first-order valence-corrected chi connectivity index (χ1v) is 9.23. The molecule has 25 heavy (non-hydrogen) atoms. The van der Waals surface area contributed by atoms with Crippen LogP contribution in [0.2, 0.25) is 0 Å². The van der Waals surface area contributed by atoms with Gasteiger partial charge in [0, 0.05) is 17.9 Å². The van der Waals surface area contributed by atoms with Crippen molar-refractivity contribution in [3.8, 4) is 0 Å². The van der Waals surface area contributed by atoms with E-state index in [1.165, 1.54) is 11.8 Å². The molecule has 0 bridgehead atoms. The van der Waals surface area contributed by atoms with Crippen molar-refractivity contribution in [2.24, 2.45) is 5.10 Å². The zero-order valence-corrected chi connectivity index (χ0v) is 14.7. The van der Waals surface area contributed by atoms with Crippen molar-refractivity contribution in [3.05, 3.63) is 35.9 Å². The summed E-state index contributed by atoms with van der Waals surface area (Å²) >= 11 is 1.19. The van der Waals surface area contributed by atoms with Crippen molar-refractivity contribution in [2.75, 3.05) is 5.75 Å². The number of carbonyl (C=O) groups is 1. The molecule has 0 spiro atoms. The molecule has 0 fully saturated rings. The standard InChI is InChI=1S/C17H21F3N2O2S/c1-2-3-9-14-10-16(24,17(18,19)20)22(21-14)15(23)12-25-11-13-7-5-4-6-8-13/h4-8,24H,2-3,9-12H2,1H3/t16-/m0/s1. The lowest BCUT2D eigenvalue weighted by molar-refractivity contribution is -0.301. The van der Waals surface area contributed by atoms with Crippen molar-refractivity contribution in [1.29, 1.82) is 0 Å². The Kier molecular flexibility index (Phi) is 6.51. The van der Waals surface area contributed by atoms with Gasteiger partial charge in [0.05, 0.1) is 5.75 Å². The van der Waals surface area contributed by atoms with E-state index in [1.54, 1.807) is 0 Å². The minimum Gasteiger partial charge on any atom is -0.362 e. The van der Waals surface area contributed by atoms with Gasteiger partial charge < -0.3 is 5.11 Å². The number of rotatable bonds is 7. The molecule has 2 rings (SSSR count). The highest BCUT2D eigenvalue weighted by atomic mass is 32.2. The number of unbranched alkanes of at least 4 members (excludes halogenated alkanes) is 1. The molecule has 4 nitrogen and oxygen atoms in total. The fourth-order valence-corrected chi connectivity index (χ4v) is 3.34. The Hall–Kier alpha value is -1.54. The monoisotopic (exact) mass is 374 g/mol. The van der Waals surface area contributed by atoms with Crippen LogP contribution < -0.4 is 0 Å². The van der Waals surface area contributed by atoms with Crippen molar-refractivity contribution >= 4 is 23.4 Å². The molecule has 1 aliphatic rings. The average Bonchev–Trinajstić information content (AvgIpc) is 2.92. The number of benzene rings is 1. The lowest BCUT2D eigenvalue weighted by Crippen LogP contribution is -2.57. The van der Waals surface area contributed by atoms with Crippen LogP contribution in [0.1, 0.15) is 38.2 Å². The third-order valence-corrected chi connectivity index (χ3v) is 4.88. The zero-order chi connectivity index (χ0) is 18.5. The molecule has 1 aromatic rings. The lowest BCUT2D eigenvalue weighted by Gasteiger charge is -2.32. The molecule has 1 aromatic carbocycles. The third-order valence-electron chi connectivity index (χ3n) is 3.89. The molecular weight excluding hydrogens is 353 g/mol. The van der Waals surface area contributed by atoms with E-state index in [1.807, 2.05) is 37.3 Å². The van der Waals surface area contributed by atoms with Crippen LogP contribution in [0.15, 0.2) is 35.4 Å². The fraction of sp³-hybridized carbons (Fsp3) is 0.529. The fourth-order valence-electron chi connectivity index (χ4n) is 2.51. The van der Waals surface area contributed by atoms with Crippen molar-refractivity contribution in [3.63, 3.8) is 0 Å². The first-order chi connectivity index (χ1) is 11.8. The van der Waals surface area contributed by atoms with Crippen LogP contribution in [0, 0.1) is 0 Å². The van der Waals surface area contributed by atoms with Crippen LogP contribution >= 0.6 is 11.8 Å². The van der Waals surface area contributed by atoms with Gasteiger partial charge in [0.1, 0.15) is 0 Å². The quantitative estimate of drug-likeness (QED) is 0.786. The normalized spacial score (nSPS) is 20.7. The Balaban J connectivity index is 2.03. The molecule has 0 saturated carbocycles. The average molecular weight is 374 g/mol. The number of hydrogen-bond acceptors (Lipinski definition) is 4. The Labute approximate surface area is 149 Å². The molecule has 0 aromatic heterocycles. The molecule has 8 heteroatoms. The van der Waals surface area contributed by atoms with Gasteiger partial charge in [0.15, 0.2) is 0 Å². The number of amides is 1. The summed E-state index contributed by atoms with van der Waals surface area (Å²) in [5, 5.41) is 14.1. The van der Waals surface area contributed by atoms with E-state index in [0.29, 0.717) is 18.6 Å². The minimum atomic E-state index is -4.95. The summed E-state index contributed by atoms with van der Waals surface area (Å²) in [6.07, 6.45) is -3.83. The smallest absolute Gasteiger partial charge is 0.362 e. The molecule has 0 saturated heterocycles. The summed E-state index contributed by atoms with van der Waals surface area (Å²) in [5.74, 6) is -0.526. The molecule has 1 N–H and O–H groups in total.